The molecule has 0 radical (unpaired) electrons. The second-order valence-corrected chi connectivity index (χ2v) is 4.94. The van der Waals surface area contributed by atoms with Crippen LogP contribution in [0.5, 0.6) is 5.75 Å². The minimum atomic E-state index is -4.80. The van der Waals surface area contributed by atoms with E-state index in [0.29, 0.717) is 5.69 Å². The SMILES string of the molecule is Cc1cc(C)n(-c2c(Cl)cc(OC(F)(F)F)cc2Cl)n1. The number of aryl methyl sites for hydroxylation is 2. The van der Waals surface area contributed by atoms with E-state index in [4.69, 9.17) is 23.2 Å². The van der Waals surface area contributed by atoms with E-state index < -0.39 is 12.1 Å². The van der Waals surface area contributed by atoms with Crippen LogP contribution in [0.2, 0.25) is 10.0 Å². The summed E-state index contributed by atoms with van der Waals surface area (Å²) in [4.78, 5) is 0. The Morgan fingerprint density at radius 1 is 1.10 bits per heavy atom. The van der Waals surface area contributed by atoms with Crippen molar-refractivity contribution in [2.45, 2.75) is 20.2 Å². The summed E-state index contributed by atoms with van der Waals surface area (Å²) in [6.07, 6.45) is -4.80. The predicted octanol–water partition coefficient (Wildman–Crippen LogP) is 4.69. The molecule has 0 aliphatic rings. The van der Waals surface area contributed by atoms with Crippen LogP contribution in [-0.4, -0.2) is 16.1 Å². The molecular formula is C12H9Cl2F3N2O. The fraction of sp³-hybridized carbons (Fsp3) is 0.250. The number of aromatic nitrogens is 2. The Labute approximate surface area is 122 Å². The molecule has 0 bridgehead atoms. The number of nitrogens with zero attached hydrogens (tertiary/aromatic N) is 2. The second-order valence-electron chi connectivity index (χ2n) is 4.12. The average Bonchev–Trinajstić information content (AvgIpc) is 2.54. The summed E-state index contributed by atoms with van der Waals surface area (Å²) in [5, 5.41) is 4.22. The highest BCUT2D eigenvalue weighted by molar-refractivity contribution is 6.38. The van der Waals surface area contributed by atoms with Crippen molar-refractivity contribution < 1.29 is 17.9 Å². The van der Waals surface area contributed by atoms with Gasteiger partial charge in [-0.3, -0.25) is 0 Å². The molecule has 3 nitrogen and oxygen atoms in total. The van der Waals surface area contributed by atoms with E-state index in [0.717, 1.165) is 23.5 Å². The molecule has 0 saturated carbocycles. The molecule has 0 atom stereocenters. The highest BCUT2D eigenvalue weighted by atomic mass is 35.5. The summed E-state index contributed by atoms with van der Waals surface area (Å²) in [7, 11) is 0. The van der Waals surface area contributed by atoms with Crippen molar-refractivity contribution in [1.29, 1.82) is 0 Å². The summed E-state index contributed by atoms with van der Waals surface area (Å²) in [6, 6.07) is 3.90. The van der Waals surface area contributed by atoms with E-state index in [1.165, 1.54) is 4.68 Å². The molecule has 2 aromatic rings. The molecule has 1 heterocycles. The highest BCUT2D eigenvalue weighted by Gasteiger charge is 2.31. The molecule has 20 heavy (non-hydrogen) atoms. The van der Waals surface area contributed by atoms with E-state index in [1.54, 1.807) is 19.9 Å². The van der Waals surface area contributed by atoms with Crippen LogP contribution in [0, 0.1) is 13.8 Å². The molecule has 108 valence electrons. The van der Waals surface area contributed by atoms with Gasteiger partial charge in [-0.25, -0.2) is 4.68 Å². The maximum Gasteiger partial charge on any atom is 0.573 e. The molecule has 0 saturated heterocycles. The van der Waals surface area contributed by atoms with Gasteiger partial charge in [0.25, 0.3) is 0 Å². The molecule has 2 rings (SSSR count). The summed E-state index contributed by atoms with van der Waals surface area (Å²) in [6.45, 7) is 3.57. The van der Waals surface area contributed by atoms with Crippen LogP contribution in [0.25, 0.3) is 5.69 Å². The molecule has 1 aromatic carbocycles. The van der Waals surface area contributed by atoms with E-state index in [9.17, 15) is 13.2 Å². The van der Waals surface area contributed by atoms with Crippen molar-refractivity contribution in [3.8, 4) is 11.4 Å². The van der Waals surface area contributed by atoms with Gasteiger partial charge in [0.2, 0.25) is 0 Å². The number of alkyl halides is 3. The van der Waals surface area contributed by atoms with Gasteiger partial charge in [0.05, 0.1) is 15.7 Å². The standard InChI is InChI=1S/C12H9Cl2F3N2O/c1-6-3-7(2)19(18-6)11-9(13)4-8(5-10(11)14)20-12(15,16)17/h3-5H,1-2H3. The van der Waals surface area contributed by atoms with Crippen molar-refractivity contribution in [2.24, 2.45) is 0 Å². The first kappa shape index (κ1) is 15.0. The molecule has 0 spiro atoms. The fourth-order valence-corrected chi connectivity index (χ4v) is 2.42. The van der Waals surface area contributed by atoms with Gasteiger partial charge < -0.3 is 4.74 Å². The van der Waals surface area contributed by atoms with Crippen LogP contribution in [0.4, 0.5) is 13.2 Å². The molecule has 0 aliphatic heterocycles. The van der Waals surface area contributed by atoms with Crippen molar-refractivity contribution in [3.63, 3.8) is 0 Å². The second kappa shape index (κ2) is 5.18. The molecule has 8 heteroatoms. The molecule has 0 unspecified atom stereocenters. The normalized spacial score (nSPS) is 11.8. The van der Waals surface area contributed by atoms with E-state index >= 15 is 0 Å². The topological polar surface area (TPSA) is 27.1 Å². The monoisotopic (exact) mass is 324 g/mol. The van der Waals surface area contributed by atoms with Gasteiger partial charge in [-0.1, -0.05) is 23.2 Å². The first-order valence-electron chi connectivity index (χ1n) is 5.46. The van der Waals surface area contributed by atoms with Crippen molar-refractivity contribution in [1.82, 2.24) is 9.78 Å². The Balaban J connectivity index is 2.49. The first-order chi connectivity index (χ1) is 9.17. The molecule has 0 N–H and O–H groups in total. The Morgan fingerprint density at radius 2 is 1.65 bits per heavy atom. The number of rotatable bonds is 2. The van der Waals surface area contributed by atoms with Crippen LogP contribution in [-0.2, 0) is 0 Å². The highest BCUT2D eigenvalue weighted by Crippen LogP contribution is 2.35. The maximum atomic E-state index is 12.2. The number of hydrogen-bond acceptors (Lipinski definition) is 2. The predicted molar refractivity (Wildman–Crippen MR) is 69.7 cm³/mol. The molecular weight excluding hydrogens is 316 g/mol. The number of hydrogen-bond donors (Lipinski definition) is 0. The fourth-order valence-electron chi connectivity index (χ4n) is 1.79. The average molecular weight is 325 g/mol. The van der Waals surface area contributed by atoms with Crippen LogP contribution in [0.15, 0.2) is 18.2 Å². The number of ether oxygens (including phenoxy) is 1. The van der Waals surface area contributed by atoms with Gasteiger partial charge in [-0.15, -0.1) is 13.2 Å². The summed E-state index contributed by atoms with van der Waals surface area (Å²) >= 11 is 12.0. The Morgan fingerprint density at radius 3 is 2.05 bits per heavy atom. The number of halogens is 5. The molecule has 0 amide bonds. The minimum Gasteiger partial charge on any atom is -0.406 e. The summed E-state index contributed by atoms with van der Waals surface area (Å²) in [5.41, 5.74) is 1.81. The van der Waals surface area contributed by atoms with Gasteiger partial charge >= 0.3 is 6.36 Å². The van der Waals surface area contributed by atoms with Gasteiger partial charge in [0.15, 0.2) is 0 Å². The smallest absolute Gasteiger partial charge is 0.406 e. The van der Waals surface area contributed by atoms with Gasteiger partial charge in [0.1, 0.15) is 11.4 Å². The van der Waals surface area contributed by atoms with Crippen LogP contribution < -0.4 is 4.74 Å². The third-order valence-electron chi connectivity index (χ3n) is 2.45. The van der Waals surface area contributed by atoms with E-state index in [-0.39, 0.29) is 10.0 Å². The van der Waals surface area contributed by atoms with Gasteiger partial charge in [0, 0.05) is 17.8 Å². The quantitative estimate of drug-likeness (QED) is 0.801. The zero-order valence-electron chi connectivity index (χ0n) is 10.4. The lowest BCUT2D eigenvalue weighted by Crippen LogP contribution is -2.17. The largest absolute Gasteiger partial charge is 0.573 e. The zero-order chi connectivity index (χ0) is 15.1. The van der Waals surface area contributed by atoms with E-state index in [2.05, 4.69) is 9.84 Å². The summed E-state index contributed by atoms with van der Waals surface area (Å²) < 4.78 is 41.8. The molecule has 0 aliphatic carbocycles. The zero-order valence-corrected chi connectivity index (χ0v) is 11.9. The number of benzene rings is 1. The minimum absolute atomic E-state index is 0.0166. The lowest BCUT2D eigenvalue weighted by Gasteiger charge is -2.13. The van der Waals surface area contributed by atoms with Crippen LogP contribution in [0.3, 0.4) is 0 Å². The van der Waals surface area contributed by atoms with Crippen LogP contribution in [0.1, 0.15) is 11.4 Å². The Bertz CT molecular complexity index is 630. The third-order valence-corrected chi connectivity index (χ3v) is 3.02. The Hall–Kier alpha value is -1.40. The molecule has 0 fully saturated rings. The van der Waals surface area contributed by atoms with Crippen LogP contribution >= 0.6 is 23.2 Å². The summed E-state index contributed by atoms with van der Waals surface area (Å²) in [5.74, 6) is -0.474. The Kier molecular flexibility index (Phi) is 3.88. The third kappa shape index (κ3) is 3.19. The van der Waals surface area contributed by atoms with Crippen molar-refractivity contribution >= 4 is 23.2 Å². The first-order valence-corrected chi connectivity index (χ1v) is 6.21. The van der Waals surface area contributed by atoms with Crippen molar-refractivity contribution in [3.05, 3.63) is 39.6 Å². The molecule has 1 aromatic heterocycles. The lowest BCUT2D eigenvalue weighted by molar-refractivity contribution is -0.274. The lowest BCUT2D eigenvalue weighted by atomic mass is 10.3. The van der Waals surface area contributed by atoms with E-state index in [1.807, 2.05) is 0 Å². The van der Waals surface area contributed by atoms with Gasteiger partial charge in [-0.2, -0.15) is 5.10 Å². The maximum absolute atomic E-state index is 12.2. The van der Waals surface area contributed by atoms with Crippen molar-refractivity contribution in [2.75, 3.05) is 0 Å². The van der Waals surface area contributed by atoms with Gasteiger partial charge in [-0.05, 0) is 19.9 Å².